The number of fused-ring (bicyclic) bond motifs is 1. The normalized spacial score (nSPS) is 16.5. The summed E-state index contributed by atoms with van der Waals surface area (Å²) in [6.45, 7) is 5.22. The van der Waals surface area contributed by atoms with Crippen molar-refractivity contribution < 1.29 is 4.74 Å². The summed E-state index contributed by atoms with van der Waals surface area (Å²) in [4.78, 5) is 2.61. The Labute approximate surface area is 184 Å². The van der Waals surface area contributed by atoms with Gasteiger partial charge in [0.2, 0.25) is 0 Å². The smallest absolute Gasteiger partial charge is 0.127 e. The molecule has 1 atom stereocenters. The van der Waals surface area contributed by atoms with Crippen LogP contribution in [-0.4, -0.2) is 16.0 Å². The molecule has 5 rings (SSSR count). The Balaban J connectivity index is 1.51. The summed E-state index contributed by atoms with van der Waals surface area (Å²) >= 11 is 0. The number of rotatable bonds is 5. The van der Waals surface area contributed by atoms with E-state index in [1.165, 1.54) is 22.4 Å². The van der Waals surface area contributed by atoms with E-state index in [1.807, 2.05) is 36.4 Å². The van der Waals surface area contributed by atoms with Crippen LogP contribution in [-0.2, 0) is 13.1 Å². The Morgan fingerprint density at radius 2 is 1.65 bits per heavy atom. The van der Waals surface area contributed by atoms with Crippen LogP contribution in [0.2, 0.25) is 0 Å². The average Bonchev–Trinajstić information content (AvgIpc) is 3.16. The first-order valence-corrected chi connectivity index (χ1v) is 11.0. The third kappa shape index (κ3) is 4.42. The zero-order valence-corrected chi connectivity index (χ0v) is 17.9. The molecule has 3 heteroatoms. The Kier molecular flexibility index (Phi) is 5.59. The van der Waals surface area contributed by atoms with E-state index in [1.54, 1.807) is 0 Å². The fraction of sp³-hybridized carbons (Fsp3) is 0.214. The molecule has 0 spiro atoms. The van der Waals surface area contributed by atoms with Gasteiger partial charge in [0, 0.05) is 31.5 Å². The summed E-state index contributed by atoms with van der Waals surface area (Å²) in [5, 5.41) is 0. The van der Waals surface area contributed by atoms with Gasteiger partial charge in [-0.15, -0.1) is 0 Å². The molecule has 3 aromatic carbocycles. The highest BCUT2D eigenvalue weighted by Crippen LogP contribution is 2.35. The van der Waals surface area contributed by atoms with Crippen molar-refractivity contribution in [1.82, 2.24) is 9.47 Å². The number of ether oxygens (including phenoxy) is 1. The molecule has 156 valence electrons. The number of benzene rings is 3. The van der Waals surface area contributed by atoms with Gasteiger partial charge in [-0.05, 0) is 60.9 Å². The molecular formula is C28H28N2O. The van der Waals surface area contributed by atoms with Crippen LogP contribution in [0.1, 0.15) is 34.8 Å². The van der Waals surface area contributed by atoms with E-state index in [2.05, 4.69) is 77.2 Å². The molecule has 0 saturated heterocycles. The number of hydrogen-bond acceptors (Lipinski definition) is 2. The van der Waals surface area contributed by atoms with Crippen molar-refractivity contribution in [2.45, 2.75) is 32.5 Å². The maximum Gasteiger partial charge on any atom is 0.127 e. The predicted molar refractivity (Wildman–Crippen MR) is 125 cm³/mol. The molecular weight excluding hydrogens is 380 g/mol. The van der Waals surface area contributed by atoms with Crippen LogP contribution in [0.25, 0.3) is 0 Å². The highest BCUT2D eigenvalue weighted by Gasteiger charge is 2.27. The minimum Gasteiger partial charge on any atom is -0.457 e. The van der Waals surface area contributed by atoms with Crippen molar-refractivity contribution in [3.05, 3.63) is 120 Å². The topological polar surface area (TPSA) is 17.4 Å². The van der Waals surface area contributed by atoms with Crippen LogP contribution in [0.15, 0.2) is 97.2 Å². The van der Waals surface area contributed by atoms with Gasteiger partial charge in [0.15, 0.2) is 0 Å². The molecule has 2 heterocycles. The lowest BCUT2D eigenvalue weighted by molar-refractivity contribution is 0.220. The second-order valence-corrected chi connectivity index (χ2v) is 8.33. The van der Waals surface area contributed by atoms with Crippen LogP contribution in [0.3, 0.4) is 0 Å². The van der Waals surface area contributed by atoms with Gasteiger partial charge in [-0.3, -0.25) is 4.90 Å². The quantitative estimate of drug-likeness (QED) is 0.371. The average molecular weight is 409 g/mol. The number of aromatic nitrogens is 1. The van der Waals surface area contributed by atoms with Gasteiger partial charge in [-0.2, -0.15) is 0 Å². The van der Waals surface area contributed by atoms with Crippen LogP contribution < -0.4 is 4.74 Å². The summed E-state index contributed by atoms with van der Waals surface area (Å²) in [6.07, 6.45) is 3.35. The van der Waals surface area contributed by atoms with Crippen molar-refractivity contribution in [3.63, 3.8) is 0 Å². The van der Waals surface area contributed by atoms with Gasteiger partial charge in [-0.1, -0.05) is 60.2 Å². The Bertz CT molecular complexity index is 1150. The zero-order chi connectivity index (χ0) is 21.0. The summed E-state index contributed by atoms with van der Waals surface area (Å²) in [5.74, 6) is 1.74. The van der Waals surface area contributed by atoms with Crippen molar-refractivity contribution in [3.8, 4) is 11.5 Å². The van der Waals surface area contributed by atoms with Gasteiger partial charge in [0.25, 0.3) is 0 Å². The van der Waals surface area contributed by atoms with Crippen molar-refractivity contribution in [2.24, 2.45) is 0 Å². The van der Waals surface area contributed by atoms with Gasteiger partial charge in [-0.25, -0.2) is 0 Å². The molecule has 0 radical (unpaired) electrons. The molecule has 0 N–H and O–H groups in total. The van der Waals surface area contributed by atoms with E-state index in [0.29, 0.717) is 0 Å². The fourth-order valence-corrected chi connectivity index (χ4v) is 4.61. The zero-order valence-electron chi connectivity index (χ0n) is 17.9. The highest BCUT2D eigenvalue weighted by atomic mass is 16.5. The molecule has 0 aliphatic carbocycles. The Hall–Kier alpha value is -3.30. The van der Waals surface area contributed by atoms with Crippen LogP contribution >= 0.6 is 0 Å². The van der Waals surface area contributed by atoms with Crippen molar-refractivity contribution >= 4 is 0 Å². The maximum absolute atomic E-state index is 6.15. The van der Waals surface area contributed by atoms with E-state index >= 15 is 0 Å². The molecule has 0 amide bonds. The molecule has 0 unspecified atom stereocenters. The van der Waals surface area contributed by atoms with E-state index in [9.17, 15) is 0 Å². The van der Waals surface area contributed by atoms with Gasteiger partial charge in [0.05, 0.1) is 6.04 Å². The number of aryl methyl sites for hydroxylation is 2. The summed E-state index contributed by atoms with van der Waals surface area (Å²) in [5.41, 5.74) is 5.29. The lowest BCUT2D eigenvalue weighted by atomic mass is 10.0. The molecule has 3 nitrogen and oxygen atoms in total. The lowest BCUT2D eigenvalue weighted by Gasteiger charge is -2.31. The van der Waals surface area contributed by atoms with Gasteiger partial charge >= 0.3 is 0 Å². The molecule has 31 heavy (non-hydrogen) atoms. The third-order valence-corrected chi connectivity index (χ3v) is 5.98. The second-order valence-electron chi connectivity index (χ2n) is 8.33. The van der Waals surface area contributed by atoms with E-state index in [0.717, 1.165) is 37.6 Å². The van der Waals surface area contributed by atoms with Gasteiger partial charge < -0.3 is 9.30 Å². The van der Waals surface area contributed by atoms with Crippen molar-refractivity contribution in [2.75, 3.05) is 6.54 Å². The second kappa shape index (κ2) is 8.83. The Morgan fingerprint density at radius 3 is 2.52 bits per heavy atom. The summed E-state index contributed by atoms with van der Waals surface area (Å²) in [7, 11) is 0. The first kappa shape index (κ1) is 19.7. The van der Waals surface area contributed by atoms with Crippen molar-refractivity contribution in [1.29, 1.82) is 0 Å². The van der Waals surface area contributed by atoms with Crippen LogP contribution in [0.5, 0.6) is 11.5 Å². The summed E-state index contributed by atoms with van der Waals surface area (Å²) < 4.78 is 8.56. The van der Waals surface area contributed by atoms with E-state index < -0.39 is 0 Å². The number of nitrogens with zero attached hydrogens (tertiary/aromatic N) is 2. The summed E-state index contributed by atoms with van der Waals surface area (Å²) in [6, 6.07) is 32.1. The first-order valence-electron chi connectivity index (χ1n) is 11.0. The molecule has 4 aromatic rings. The highest BCUT2D eigenvalue weighted by molar-refractivity contribution is 5.38. The SMILES string of the molecule is Cc1cccc(CN2CCCn3cccc3[C@H]2c2cccc(Oc3ccccc3)c2)c1. The third-order valence-electron chi connectivity index (χ3n) is 5.98. The largest absolute Gasteiger partial charge is 0.457 e. The maximum atomic E-state index is 6.15. The van der Waals surface area contributed by atoms with E-state index in [-0.39, 0.29) is 6.04 Å². The molecule has 1 aliphatic rings. The molecule has 1 aliphatic heterocycles. The standard InChI is InChI=1S/C28H28N2O/c1-22-9-5-10-23(19-22)21-30-18-8-17-29-16-7-15-27(29)28(30)24-11-6-14-26(20-24)31-25-12-3-2-4-13-25/h2-7,9-16,19-20,28H,8,17-18,21H2,1H3/t28-/m1/s1. The van der Waals surface area contributed by atoms with Crippen LogP contribution in [0, 0.1) is 6.92 Å². The minimum absolute atomic E-state index is 0.192. The van der Waals surface area contributed by atoms with E-state index in [4.69, 9.17) is 4.74 Å². The first-order chi connectivity index (χ1) is 15.3. The van der Waals surface area contributed by atoms with Crippen LogP contribution in [0.4, 0.5) is 0 Å². The minimum atomic E-state index is 0.192. The predicted octanol–water partition coefficient (Wildman–Crippen LogP) is 6.58. The monoisotopic (exact) mass is 408 g/mol. The molecule has 0 saturated carbocycles. The molecule has 1 aromatic heterocycles. The fourth-order valence-electron chi connectivity index (χ4n) is 4.61. The number of hydrogen-bond donors (Lipinski definition) is 0. The molecule has 0 bridgehead atoms. The lowest BCUT2D eigenvalue weighted by Crippen LogP contribution is -2.29. The Morgan fingerprint density at radius 1 is 0.806 bits per heavy atom. The van der Waals surface area contributed by atoms with Gasteiger partial charge in [0.1, 0.15) is 11.5 Å². The molecule has 0 fully saturated rings. The number of para-hydroxylation sites is 1.